The second kappa shape index (κ2) is 5.39. The zero-order valence-corrected chi connectivity index (χ0v) is 11.1. The fraction of sp³-hybridized carbons (Fsp3) is 0.667. The number of hydrogen-bond donors (Lipinski definition) is 1. The van der Waals surface area contributed by atoms with Crippen LogP contribution in [-0.4, -0.2) is 54.2 Å². The van der Waals surface area contributed by atoms with Gasteiger partial charge in [-0.2, -0.15) is 0 Å². The van der Waals surface area contributed by atoms with E-state index >= 15 is 0 Å². The molecular formula is C12H20N4O2. The SMILES string of the molecule is Cc1cc(NC(=O)N(C)C2CCN(C)CC2)no1. The van der Waals surface area contributed by atoms with Crippen LogP contribution >= 0.6 is 0 Å². The molecule has 0 unspecified atom stereocenters. The van der Waals surface area contributed by atoms with E-state index in [9.17, 15) is 4.79 Å². The third-order valence-corrected chi connectivity index (χ3v) is 3.42. The first-order valence-electron chi connectivity index (χ1n) is 6.22. The van der Waals surface area contributed by atoms with Gasteiger partial charge >= 0.3 is 6.03 Å². The second-order valence-electron chi connectivity index (χ2n) is 4.90. The van der Waals surface area contributed by atoms with E-state index in [0.717, 1.165) is 25.9 Å². The lowest BCUT2D eigenvalue weighted by atomic mass is 10.0. The summed E-state index contributed by atoms with van der Waals surface area (Å²) in [6.45, 7) is 3.86. The van der Waals surface area contributed by atoms with Gasteiger partial charge in [0.1, 0.15) is 5.76 Å². The van der Waals surface area contributed by atoms with Crippen molar-refractivity contribution >= 4 is 11.8 Å². The summed E-state index contributed by atoms with van der Waals surface area (Å²) >= 11 is 0. The van der Waals surface area contributed by atoms with E-state index in [-0.39, 0.29) is 6.03 Å². The van der Waals surface area contributed by atoms with Crippen molar-refractivity contribution in [1.29, 1.82) is 0 Å². The minimum atomic E-state index is -0.127. The third kappa shape index (κ3) is 3.01. The number of aromatic nitrogens is 1. The molecule has 1 fully saturated rings. The summed E-state index contributed by atoms with van der Waals surface area (Å²) in [5, 5.41) is 6.49. The molecule has 1 N–H and O–H groups in total. The summed E-state index contributed by atoms with van der Waals surface area (Å²) in [6, 6.07) is 1.88. The molecule has 0 saturated carbocycles. The van der Waals surface area contributed by atoms with Crippen molar-refractivity contribution in [3.05, 3.63) is 11.8 Å². The molecule has 6 nitrogen and oxygen atoms in total. The number of carbonyl (C=O) groups excluding carboxylic acids is 1. The zero-order chi connectivity index (χ0) is 13.1. The molecule has 1 aliphatic heterocycles. The van der Waals surface area contributed by atoms with Gasteiger partial charge in [-0.25, -0.2) is 4.79 Å². The number of amides is 2. The molecule has 1 aliphatic rings. The topological polar surface area (TPSA) is 61.6 Å². The van der Waals surface area contributed by atoms with Crippen LogP contribution in [0.5, 0.6) is 0 Å². The number of rotatable bonds is 2. The Labute approximate surface area is 107 Å². The number of nitrogens with one attached hydrogen (secondary N) is 1. The quantitative estimate of drug-likeness (QED) is 0.867. The lowest BCUT2D eigenvalue weighted by Gasteiger charge is -2.34. The molecule has 1 aromatic heterocycles. The molecule has 2 amide bonds. The van der Waals surface area contributed by atoms with Crippen molar-refractivity contribution in [2.24, 2.45) is 0 Å². The lowest BCUT2D eigenvalue weighted by molar-refractivity contribution is 0.156. The number of aryl methyl sites for hydroxylation is 1. The van der Waals surface area contributed by atoms with Crippen molar-refractivity contribution in [2.75, 3.05) is 32.5 Å². The van der Waals surface area contributed by atoms with Crippen molar-refractivity contribution in [1.82, 2.24) is 15.0 Å². The van der Waals surface area contributed by atoms with E-state index in [1.165, 1.54) is 0 Å². The van der Waals surface area contributed by atoms with Crippen LogP contribution in [0.25, 0.3) is 0 Å². The number of carbonyl (C=O) groups is 1. The molecule has 0 aliphatic carbocycles. The molecule has 0 radical (unpaired) electrons. The van der Waals surface area contributed by atoms with Crippen molar-refractivity contribution in [3.8, 4) is 0 Å². The molecule has 0 aromatic carbocycles. The van der Waals surface area contributed by atoms with Crippen LogP contribution in [-0.2, 0) is 0 Å². The van der Waals surface area contributed by atoms with Gasteiger partial charge in [0.2, 0.25) is 0 Å². The summed E-state index contributed by atoms with van der Waals surface area (Å²) in [5.74, 6) is 1.16. The highest BCUT2D eigenvalue weighted by atomic mass is 16.5. The summed E-state index contributed by atoms with van der Waals surface area (Å²) in [5.41, 5.74) is 0. The van der Waals surface area contributed by atoms with E-state index in [4.69, 9.17) is 4.52 Å². The Bertz CT molecular complexity index is 410. The maximum Gasteiger partial charge on any atom is 0.323 e. The van der Waals surface area contributed by atoms with Gasteiger partial charge in [-0.1, -0.05) is 5.16 Å². The highest BCUT2D eigenvalue weighted by Crippen LogP contribution is 2.15. The second-order valence-corrected chi connectivity index (χ2v) is 4.90. The Kier molecular flexibility index (Phi) is 3.86. The summed E-state index contributed by atoms with van der Waals surface area (Å²) in [6.07, 6.45) is 2.02. The number of anilines is 1. The Balaban J connectivity index is 1.88. The number of nitrogens with zero attached hydrogens (tertiary/aromatic N) is 3. The van der Waals surface area contributed by atoms with E-state index < -0.39 is 0 Å². The highest BCUT2D eigenvalue weighted by molar-refractivity contribution is 5.88. The van der Waals surface area contributed by atoms with Gasteiger partial charge in [0.15, 0.2) is 5.82 Å². The van der Waals surface area contributed by atoms with Crippen LogP contribution in [0.2, 0.25) is 0 Å². The predicted molar refractivity (Wildman–Crippen MR) is 68.5 cm³/mol. The first-order valence-corrected chi connectivity index (χ1v) is 6.22. The van der Waals surface area contributed by atoms with E-state index in [2.05, 4.69) is 22.4 Å². The van der Waals surface area contributed by atoms with Gasteiger partial charge in [0.05, 0.1) is 0 Å². The van der Waals surface area contributed by atoms with Crippen molar-refractivity contribution < 1.29 is 9.32 Å². The molecule has 0 spiro atoms. The number of urea groups is 1. The molecule has 0 bridgehead atoms. The van der Waals surface area contributed by atoms with Gasteiger partial charge in [0, 0.05) is 19.2 Å². The molecule has 1 saturated heterocycles. The average Bonchev–Trinajstić information content (AvgIpc) is 2.75. The van der Waals surface area contributed by atoms with E-state index in [1.54, 1.807) is 17.9 Å². The summed E-state index contributed by atoms with van der Waals surface area (Å²) in [4.78, 5) is 16.1. The zero-order valence-electron chi connectivity index (χ0n) is 11.1. The standard InChI is InChI=1S/C12H20N4O2/c1-9-8-11(14-18-9)13-12(17)16(3)10-4-6-15(2)7-5-10/h8,10H,4-7H2,1-3H3,(H,13,14,17). The normalized spacial score (nSPS) is 17.7. The first-order chi connectivity index (χ1) is 8.56. The predicted octanol–water partition coefficient (Wildman–Crippen LogP) is 1.54. The summed E-state index contributed by atoms with van der Waals surface area (Å²) in [7, 11) is 3.94. The molecule has 18 heavy (non-hydrogen) atoms. The molecular weight excluding hydrogens is 232 g/mol. The maximum absolute atomic E-state index is 12.0. The van der Waals surface area contributed by atoms with Crippen LogP contribution in [0.3, 0.4) is 0 Å². The largest absolute Gasteiger partial charge is 0.360 e. The molecule has 2 heterocycles. The molecule has 0 atom stereocenters. The average molecular weight is 252 g/mol. The molecule has 1 aromatic rings. The lowest BCUT2D eigenvalue weighted by Crippen LogP contribution is -2.46. The van der Waals surface area contributed by atoms with Crippen LogP contribution in [0.15, 0.2) is 10.6 Å². The molecule has 100 valence electrons. The minimum absolute atomic E-state index is 0.127. The number of piperidine rings is 1. The van der Waals surface area contributed by atoms with Crippen LogP contribution in [0.1, 0.15) is 18.6 Å². The molecule has 2 rings (SSSR count). The first kappa shape index (κ1) is 12.9. The highest BCUT2D eigenvalue weighted by Gasteiger charge is 2.24. The Hall–Kier alpha value is -1.56. The fourth-order valence-corrected chi connectivity index (χ4v) is 2.17. The van der Waals surface area contributed by atoms with Crippen LogP contribution < -0.4 is 5.32 Å². The van der Waals surface area contributed by atoms with Gasteiger partial charge in [-0.15, -0.1) is 0 Å². The Morgan fingerprint density at radius 3 is 2.78 bits per heavy atom. The van der Waals surface area contributed by atoms with Crippen molar-refractivity contribution in [3.63, 3.8) is 0 Å². The van der Waals surface area contributed by atoms with Gasteiger partial charge < -0.3 is 14.3 Å². The van der Waals surface area contributed by atoms with E-state index in [1.807, 2.05) is 7.05 Å². The van der Waals surface area contributed by atoms with Crippen LogP contribution in [0, 0.1) is 6.92 Å². The van der Waals surface area contributed by atoms with E-state index in [0.29, 0.717) is 17.6 Å². The van der Waals surface area contributed by atoms with Gasteiger partial charge in [0.25, 0.3) is 0 Å². The Morgan fingerprint density at radius 2 is 2.22 bits per heavy atom. The smallest absolute Gasteiger partial charge is 0.323 e. The number of hydrogen-bond acceptors (Lipinski definition) is 4. The van der Waals surface area contributed by atoms with Crippen LogP contribution in [0.4, 0.5) is 10.6 Å². The Morgan fingerprint density at radius 1 is 1.56 bits per heavy atom. The van der Waals surface area contributed by atoms with Gasteiger partial charge in [-0.05, 0) is 39.9 Å². The molecule has 6 heteroatoms. The van der Waals surface area contributed by atoms with Gasteiger partial charge in [-0.3, -0.25) is 5.32 Å². The number of likely N-dealkylation sites (tertiary alicyclic amines) is 1. The minimum Gasteiger partial charge on any atom is -0.360 e. The third-order valence-electron chi connectivity index (χ3n) is 3.42. The summed E-state index contributed by atoms with van der Waals surface area (Å²) < 4.78 is 4.91. The fourth-order valence-electron chi connectivity index (χ4n) is 2.17. The van der Waals surface area contributed by atoms with Crippen molar-refractivity contribution in [2.45, 2.75) is 25.8 Å². The monoisotopic (exact) mass is 252 g/mol. The maximum atomic E-state index is 12.0.